The molecule has 7 nitrogen and oxygen atoms in total. The molecule has 1 fully saturated rings. The minimum absolute atomic E-state index is 0.533. The summed E-state index contributed by atoms with van der Waals surface area (Å²) in [6.07, 6.45) is -4.32. The summed E-state index contributed by atoms with van der Waals surface area (Å²) in [6.45, 7) is 6.44. The van der Waals surface area contributed by atoms with Crippen molar-refractivity contribution in [1.82, 2.24) is 15.0 Å². The first-order chi connectivity index (χ1) is 17.3. The van der Waals surface area contributed by atoms with Crippen LogP contribution in [0.4, 0.5) is 18.9 Å². The Bertz CT molecular complexity index is 1180. The van der Waals surface area contributed by atoms with Crippen molar-refractivity contribution in [2.24, 2.45) is 0 Å². The minimum atomic E-state index is -4.32. The van der Waals surface area contributed by atoms with E-state index in [0.29, 0.717) is 44.3 Å². The van der Waals surface area contributed by atoms with Gasteiger partial charge in [0.2, 0.25) is 0 Å². The fourth-order valence-electron chi connectivity index (χ4n) is 4.49. The molecule has 36 heavy (non-hydrogen) atoms. The highest BCUT2D eigenvalue weighted by molar-refractivity contribution is 5.64. The Morgan fingerprint density at radius 1 is 0.944 bits per heavy atom. The fourth-order valence-corrected chi connectivity index (χ4v) is 4.49. The number of alkyl halides is 3. The maximum absolute atomic E-state index is 13.0. The molecule has 2 aliphatic rings. The van der Waals surface area contributed by atoms with Crippen LogP contribution in [0.5, 0.6) is 11.5 Å². The lowest BCUT2D eigenvalue weighted by Gasteiger charge is -2.36. The molecule has 0 unspecified atom stereocenters. The molecule has 1 aromatic heterocycles. The number of nitrogens with zero attached hydrogens (tertiary/aromatic N) is 4. The zero-order valence-corrected chi connectivity index (χ0v) is 20.1. The summed E-state index contributed by atoms with van der Waals surface area (Å²) >= 11 is 0. The van der Waals surface area contributed by atoms with Gasteiger partial charge in [-0.15, -0.1) is 0 Å². The molecule has 0 atom stereocenters. The molecule has 3 aromatic rings. The second-order valence-electron chi connectivity index (χ2n) is 9.15. The molecule has 5 rings (SSSR count). The Hall–Kier alpha value is -3.24. The highest BCUT2D eigenvalue weighted by atomic mass is 19.4. The lowest BCUT2D eigenvalue weighted by Crippen LogP contribution is -2.48. The van der Waals surface area contributed by atoms with Crippen molar-refractivity contribution in [2.45, 2.75) is 12.7 Å². The molecular weight excluding hydrogens is 473 g/mol. The Balaban J connectivity index is 1.09. The number of ether oxygens (including phenoxy) is 2. The Labute approximate surface area is 208 Å². The molecule has 3 heterocycles. The van der Waals surface area contributed by atoms with E-state index >= 15 is 0 Å². The van der Waals surface area contributed by atoms with E-state index < -0.39 is 11.7 Å². The monoisotopic (exact) mass is 502 g/mol. The number of rotatable bonds is 7. The average Bonchev–Trinajstić information content (AvgIpc) is 3.35. The number of fused-ring (bicyclic) bond motifs is 1. The van der Waals surface area contributed by atoms with Crippen molar-refractivity contribution < 1.29 is 27.2 Å². The largest absolute Gasteiger partial charge is 0.486 e. The van der Waals surface area contributed by atoms with Crippen molar-refractivity contribution >= 4 is 5.69 Å². The van der Waals surface area contributed by atoms with Crippen LogP contribution >= 0.6 is 0 Å². The number of halogens is 3. The van der Waals surface area contributed by atoms with E-state index in [4.69, 9.17) is 14.0 Å². The van der Waals surface area contributed by atoms with Crippen LogP contribution in [-0.4, -0.2) is 74.5 Å². The zero-order valence-electron chi connectivity index (χ0n) is 20.1. The van der Waals surface area contributed by atoms with Crippen LogP contribution in [0.15, 0.2) is 53.1 Å². The first-order valence-corrected chi connectivity index (χ1v) is 12.0. The number of piperazine rings is 1. The third-order valence-corrected chi connectivity index (χ3v) is 6.53. The standard InChI is InChI=1S/C26H29F3N4O3/c1-31(18-22-17-23(30-36-22)19-5-6-24-25(15-19)35-14-13-34-24)7-8-32-9-11-33(12-10-32)21-4-2-3-20(16-21)26(27,28)29/h2-6,15-17H,7-14,18H2,1H3. The molecule has 0 N–H and O–H groups in total. The molecule has 0 saturated carbocycles. The number of aromatic nitrogens is 1. The second kappa shape index (κ2) is 10.4. The molecule has 2 aromatic carbocycles. The topological polar surface area (TPSA) is 54.2 Å². The van der Waals surface area contributed by atoms with Crippen LogP contribution in [0.1, 0.15) is 11.3 Å². The molecule has 10 heteroatoms. The van der Waals surface area contributed by atoms with Gasteiger partial charge in [0.1, 0.15) is 18.9 Å². The molecular formula is C26H29F3N4O3. The van der Waals surface area contributed by atoms with Crippen LogP contribution < -0.4 is 14.4 Å². The number of benzene rings is 2. The predicted molar refractivity (Wildman–Crippen MR) is 129 cm³/mol. The van der Waals surface area contributed by atoms with Crippen molar-refractivity contribution in [1.29, 1.82) is 0 Å². The summed E-state index contributed by atoms with van der Waals surface area (Å²) < 4.78 is 55.9. The van der Waals surface area contributed by atoms with E-state index in [-0.39, 0.29) is 0 Å². The molecule has 0 bridgehead atoms. The Morgan fingerprint density at radius 3 is 2.50 bits per heavy atom. The average molecular weight is 503 g/mol. The maximum Gasteiger partial charge on any atom is 0.416 e. The Kier molecular flexibility index (Phi) is 7.06. The smallest absolute Gasteiger partial charge is 0.416 e. The van der Waals surface area contributed by atoms with E-state index in [0.717, 1.165) is 55.0 Å². The van der Waals surface area contributed by atoms with Gasteiger partial charge in [-0.05, 0) is 43.4 Å². The SMILES string of the molecule is CN(CCN1CCN(c2cccc(C(F)(F)F)c2)CC1)Cc1cc(-c2ccc3c(c2)OCCO3)no1. The number of hydrogen-bond donors (Lipinski definition) is 0. The zero-order chi connectivity index (χ0) is 25.1. The van der Waals surface area contributed by atoms with E-state index in [1.165, 1.54) is 12.1 Å². The molecule has 0 aliphatic carbocycles. The van der Waals surface area contributed by atoms with Crippen LogP contribution in [0.2, 0.25) is 0 Å². The quantitative estimate of drug-likeness (QED) is 0.475. The van der Waals surface area contributed by atoms with Gasteiger partial charge >= 0.3 is 6.18 Å². The number of anilines is 1. The molecule has 0 spiro atoms. The van der Waals surface area contributed by atoms with Gasteiger partial charge in [-0.25, -0.2) is 0 Å². The normalized spacial score (nSPS) is 16.5. The van der Waals surface area contributed by atoms with Crippen LogP contribution in [0.3, 0.4) is 0 Å². The van der Waals surface area contributed by atoms with Gasteiger partial charge in [0.25, 0.3) is 0 Å². The van der Waals surface area contributed by atoms with Gasteiger partial charge in [-0.1, -0.05) is 11.2 Å². The van der Waals surface area contributed by atoms with Crippen molar-refractivity contribution in [3.8, 4) is 22.8 Å². The van der Waals surface area contributed by atoms with Crippen LogP contribution in [0, 0.1) is 0 Å². The van der Waals surface area contributed by atoms with Gasteiger partial charge < -0.3 is 18.9 Å². The third-order valence-electron chi connectivity index (χ3n) is 6.53. The van der Waals surface area contributed by atoms with Crippen molar-refractivity contribution in [3.63, 3.8) is 0 Å². The summed E-state index contributed by atoms with van der Waals surface area (Å²) in [7, 11) is 2.03. The van der Waals surface area contributed by atoms with E-state index in [1.54, 1.807) is 6.07 Å². The first-order valence-electron chi connectivity index (χ1n) is 12.0. The van der Waals surface area contributed by atoms with Gasteiger partial charge in [-0.2, -0.15) is 13.2 Å². The highest BCUT2D eigenvalue weighted by Crippen LogP contribution is 2.34. The van der Waals surface area contributed by atoms with Gasteiger partial charge in [0, 0.05) is 56.6 Å². The summed E-state index contributed by atoms with van der Waals surface area (Å²) in [5.74, 6) is 2.23. The fraction of sp³-hybridized carbons (Fsp3) is 0.423. The van der Waals surface area contributed by atoms with Crippen LogP contribution in [0.25, 0.3) is 11.3 Å². The molecule has 0 radical (unpaired) electrons. The van der Waals surface area contributed by atoms with E-state index in [1.807, 2.05) is 36.2 Å². The lowest BCUT2D eigenvalue weighted by atomic mass is 10.1. The minimum Gasteiger partial charge on any atom is -0.486 e. The Morgan fingerprint density at radius 2 is 1.72 bits per heavy atom. The van der Waals surface area contributed by atoms with E-state index in [9.17, 15) is 13.2 Å². The number of hydrogen-bond acceptors (Lipinski definition) is 7. The van der Waals surface area contributed by atoms with Gasteiger partial charge in [0.15, 0.2) is 17.3 Å². The van der Waals surface area contributed by atoms with Crippen LogP contribution in [-0.2, 0) is 12.7 Å². The highest BCUT2D eigenvalue weighted by Gasteiger charge is 2.31. The summed E-state index contributed by atoms with van der Waals surface area (Å²) in [5.41, 5.74) is 1.69. The van der Waals surface area contributed by atoms with Gasteiger partial charge in [-0.3, -0.25) is 9.80 Å². The first kappa shape index (κ1) is 24.5. The molecule has 1 saturated heterocycles. The van der Waals surface area contributed by atoms with Gasteiger partial charge in [0.05, 0.1) is 12.1 Å². The molecule has 0 amide bonds. The summed E-state index contributed by atoms with van der Waals surface area (Å²) in [5, 5.41) is 4.21. The third kappa shape index (κ3) is 5.76. The maximum atomic E-state index is 13.0. The molecule has 2 aliphatic heterocycles. The van der Waals surface area contributed by atoms with Crippen molar-refractivity contribution in [3.05, 3.63) is 59.9 Å². The number of likely N-dealkylation sites (N-methyl/N-ethyl adjacent to an activating group) is 1. The van der Waals surface area contributed by atoms with E-state index in [2.05, 4.69) is 15.0 Å². The lowest BCUT2D eigenvalue weighted by molar-refractivity contribution is -0.137. The van der Waals surface area contributed by atoms with Crippen molar-refractivity contribution in [2.75, 3.05) is 64.4 Å². The molecule has 192 valence electrons. The predicted octanol–water partition coefficient (Wildman–Crippen LogP) is 4.39. The summed E-state index contributed by atoms with van der Waals surface area (Å²) in [6, 6.07) is 13.3. The second-order valence-corrected chi connectivity index (χ2v) is 9.15. The summed E-state index contributed by atoms with van der Waals surface area (Å²) in [4.78, 5) is 6.53.